The minimum absolute atomic E-state index is 0.0114. The Bertz CT molecular complexity index is 1320. The third-order valence-electron chi connectivity index (χ3n) is 6.24. The molecular formula is C24H24FN5O4. The van der Waals surface area contributed by atoms with E-state index in [0.717, 1.165) is 25.7 Å². The number of nitrogens with one attached hydrogen (secondary N) is 1. The molecule has 0 bridgehead atoms. The van der Waals surface area contributed by atoms with E-state index in [-0.39, 0.29) is 29.9 Å². The van der Waals surface area contributed by atoms with Gasteiger partial charge in [-0.25, -0.2) is 14.4 Å². The number of aromatic nitrogens is 3. The van der Waals surface area contributed by atoms with Crippen LogP contribution in [0, 0.1) is 11.7 Å². The maximum Gasteiger partial charge on any atom is 0.269 e. The molecular weight excluding hydrogens is 441 g/mol. The van der Waals surface area contributed by atoms with E-state index in [1.807, 2.05) is 0 Å². The number of hydrogen-bond donors (Lipinski definition) is 1. The zero-order valence-electron chi connectivity index (χ0n) is 18.5. The number of carbonyl (C=O) groups excluding carboxylic acids is 2. The third kappa shape index (κ3) is 4.48. The summed E-state index contributed by atoms with van der Waals surface area (Å²) in [6, 6.07) is 7.70. The van der Waals surface area contributed by atoms with Crippen molar-refractivity contribution in [2.24, 2.45) is 5.92 Å². The summed E-state index contributed by atoms with van der Waals surface area (Å²) in [4.78, 5) is 46.5. The Morgan fingerprint density at radius 2 is 2.00 bits per heavy atom. The van der Waals surface area contributed by atoms with Crippen LogP contribution in [0.5, 0.6) is 5.75 Å². The zero-order chi connectivity index (χ0) is 23.7. The molecule has 34 heavy (non-hydrogen) atoms. The Labute approximate surface area is 194 Å². The minimum atomic E-state index is -0.396. The number of benzene rings is 1. The van der Waals surface area contributed by atoms with Crippen molar-refractivity contribution in [1.29, 1.82) is 0 Å². The summed E-state index contributed by atoms with van der Waals surface area (Å²) in [5, 5.41) is 2.67. The number of ether oxygens (including phenoxy) is 1. The molecule has 1 aromatic carbocycles. The van der Waals surface area contributed by atoms with Gasteiger partial charge >= 0.3 is 0 Å². The van der Waals surface area contributed by atoms with E-state index in [0.29, 0.717) is 47.9 Å². The summed E-state index contributed by atoms with van der Waals surface area (Å²) in [5.74, 6) is 0.904. The van der Waals surface area contributed by atoms with Gasteiger partial charge in [-0.15, -0.1) is 0 Å². The van der Waals surface area contributed by atoms with E-state index in [9.17, 15) is 18.8 Å². The predicted molar refractivity (Wildman–Crippen MR) is 123 cm³/mol. The summed E-state index contributed by atoms with van der Waals surface area (Å²) in [6.45, 7) is 1.03. The summed E-state index contributed by atoms with van der Waals surface area (Å²) in [6.07, 6.45) is 5.18. The van der Waals surface area contributed by atoms with Gasteiger partial charge in [-0.3, -0.25) is 19.3 Å². The zero-order valence-corrected chi connectivity index (χ0v) is 18.5. The predicted octanol–water partition coefficient (Wildman–Crippen LogP) is 2.88. The van der Waals surface area contributed by atoms with Crippen LogP contribution in [0.25, 0.3) is 11.0 Å². The van der Waals surface area contributed by atoms with E-state index in [4.69, 9.17) is 4.74 Å². The van der Waals surface area contributed by atoms with Crippen LogP contribution >= 0.6 is 0 Å². The number of fused-ring (bicyclic) bond motifs is 2. The SMILES string of the molecule is O=C1COc2ccc(N3C[C@@H](CCCCCn4c(=O)cnc5ccc(F)cc54)CC3=O)nc2N1. The van der Waals surface area contributed by atoms with Gasteiger partial charge in [0.1, 0.15) is 11.6 Å². The number of carbonyl (C=O) groups is 2. The second-order valence-corrected chi connectivity index (χ2v) is 8.66. The van der Waals surface area contributed by atoms with Crippen molar-refractivity contribution in [1.82, 2.24) is 14.5 Å². The number of unbranched alkanes of at least 4 members (excludes halogenated alkanes) is 2. The lowest BCUT2D eigenvalue weighted by Gasteiger charge is -2.21. The number of anilines is 2. The van der Waals surface area contributed by atoms with Gasteiger partial charge in [0.15, 0.2) is 18.2 Å². The van der Waals surface area contributed by atoms with Crippen LogP contribution < -0.4 is 20.5 Å². The van der Waals surface area contributed by atoms with Gasteiger partial charge in [0.2, 0.25) is 5.91 Å². The topological polar surface area (TPSA) is 106 Å². The lowest BCUT2D eigenvalue weighted by molar-refractivity contribution is -0.119. The molecule has 2 aliphatic heterocycles. The molecule has 0 saturated carbocycles. The molecule has 1 fully saturated rings. The molecule has 2 aromatic heterocycles. The van der Waals surface area contributed by atoms with E-state index >= 15 is 0 Å². The number of rotatable bonds is 7. The van der Waals surface area contributed by atoms with Crippen molar-refractivity contribution in [3.63, 3.8) is 0 Å². The van der Waals surface area contributed by atoms with Gasteiger partial charge in [0.25, 0.3) is 11.5 Å². The van der Waals surface area contributed by atoms with Gasteiger partial charge in [-0.1, -0.05) is 12.8 Å². The molecule has 4 heterocycles. The van der Waals surface area contributed by atoms with E-state index < -0.39 is 5.82 Å². The Kier molecular flexibility index (Phi) is 5.95. The van der Waals surface area contributed by atoms with Crippen LogP contribution in [-0.4, -0.2) is 39.5 Å². The van der Waals surface area contributed by atoms with Crippen molar-refractivity contribution in [3.05, 3.63) is 52.7 Å². The van der Waals surface area contributed by atoms with Gasteiger partial charge in [0, 0.05) is 19.5 Å². The second kappa shape index (κ2) is 9.20. The first-order valence-corrected chi connectivity index (χ1v) is 11.4. The average Bonchev–Trinajstić information content (AvgIpc) is 3.19. The van der Waals surface area contributed by atoms with E-state index in [2.05, 4.69) is 15.3 Å². The van der Waals surface area contributed by atoms with Crippen LogP contribution in [0.15, 0.2) is 41.3 Å². The lowest BCUT2D eigenvalue weighted by atomic mass is 10.0. The molecule has 0 unspecified atom stereocenters. The summed E-state index contributed by atoms with van der Waals surface area (Å²) in [5.41, 5.74) is 0.852. The molecule has 5 rings (SSSR count). The monoisotopic (exact) mass is 465 g/mol. The fourth-order valence-electron chi connectivity index (χ4n) is 4.55. The molecule has 9 nitrogen and oxygen atoms in total. The highest BCUT2D eigenvalue weighted by atomic mass is 19.1. The molecule has 1 saturated heterocycles. The molecule has 2 amide bonds. The van der Waals surface area contributed by atoms with Gasteiger partial charge in [-0.2, -0.15) is 0 Å². The quantitative estimate of drug-likeness (QED) is 0.538. The Hall–Kier alpha value is -3.82. The highest BCUT2D eigenvalue weighted by molar-refractivity contribution is 5.97. The Balaban J connectivity index is 1.14. The third-order valence-corrected chi connectivity index (χ3v) is 6.24. The van der Waals surface area contributed by atoms with Crippen LogP contribution in [0.2, 0.25) is 0 Å². The normalized spacial score (nSPS) is 17.6. The number of pyridine rings is 1. The van der Waals surface area contributed by atoms with Crippen molar-refractivity contribution in [3.8, 4) is 5.75 Å². The smallest absolute Gasteiger partial charge is 0.269 e. The van der Waals surface area contributed by atoms with Gasteiger partial charge in [-0.05, 0) is 49.1 Å². The largest absolute Gasteiger partial charge is 0.480 e. The van der Waals surface area contributed by atoms with E-state index in [1.165, 1.54) is 18.3 Å². The molecule has 0 spiro atoms. The van der Waals surface area contributed by atoms with Crippen molar-refractivity contribution >= 4 is 34.5 Å². The maximum absolute atomic E-state index is 13.6. The molecule has 1 atom stereocenters. The molecule has 3 aromatic rings. The lowest BCUT2D eigenvalue weighted by Crippen LogP contribution is -2.29. The van der Waals surface area contributed by atoms with Crippen molar-refractivity contribution in [2.75, 3.05) is 23.4 Å². The number of halogens is 1. The second-order valence-electron chi connectivity index (χ2n) is 8.66. The summed E-state index contributed by atoms with van der Waals surface area (Å²) >= 11 is 0. The molecule has 176 valence electrons. The first kappa shape index (κ1) is 22.0. The molecule has 0 aliphatic carbocycles. The first-order valence-electron chi connectivity index (χ1n) is 11.4. The number of amides is 2. The van der Waals surface area contributed by atoms with Crippen LogP contribution in [0.1, 0.15) is 32.1 Å². The standard InChI is InChI=1S/C24H24FN5O4/c25-16-5-6-17-18(11-16)29(23(33)12-26-17)9-3-1-2-4-15-10-22(32)30(13-15)20-8-7-19-24(27-20)28-21(31)14-34-19/h5-8,11-12,15H,1-4,9-10,13-14H2,(H,27,28,31)/t15-/m0/s1. The average molecular weight is 465 g/mol. The number of aryl methyl sites for hydroxylation is 1. The van der Waals surface area contributed by atoms with Crippen molar-refractivity contribution < 1.29 is 18.7 Å². The Morgan fingerprint density at radius 3 is 2.88 bits per heavy atom. The number of hydrogen-bond acceptors (Lipinski definition) is 6. The molecule has 2 aliphatic rings. The molecule has 1 N–H and O–H groups in total. The van der Waals surface area contributed by atoms with Crippen LogP contribution in [0.3, 0.4) is 0 Å². The Morgan fingerprint density at radius 1 is 1.12 bits per heavy atom. The molecule has 10 heteroatoms. The van der Waals surface area contributed by atoms with Gasteiger partial charge < -0.3 is 14.6 Å². The maximum atomic E-state index is 13.6. The highest BCUT2D eigenvalue weighted by Crippen LogP contribution is 2.32. The fourth-order valence-corrected chi connectivity index (χ4v) is 4.55. The van der Waals surface area contributed by atoms with Gasteiger partial charge in [0.05, 0.1) is 17.2 Å². The van der Waals surface area contributed by atoms with Crippen molar-refractivity contribution in [2.45, 2.75) is 38.6 Å². The fraction of sp³-hybridized carbons (Fsp3) is 0.375. The summed E-state index contributed by atoms with van der Waals surface area (Å²) < 4.78 is 20.5. The highest BCUT2D eigenvalue weighted by Gasteiger charge is 2.31. The van der Waals surface area contributed by atoms with Crippen LogP contribution in [0.4, 0.5) is 16.0 Å². The first-order chi connectivity index (χ1) is 16.5. The summed E-state index contributed by atoms with van der Waals surface area (Å²) in [7, 11) is 0. The molecule has 0 radical (unpaired) electrons. The minimum Gasteiger partial charge on any atom is -0.480 e. The van der Waals surface area contributed by atoms with E-state index in [1.54, 1.807) is 27.7 Å². The number of nitrogens with zero attached hydrogens (tertiary/aromatic N) is 4. The van der Waals surface area contributed by atoms with Crippen LogP contribution in [-0.2, 0) is 16.1 Å².